The number of ether oxygens (including phenoxy) is 2. The first-order valence-corrected chi connectivity index (χ1v) is 13.6. The number of anilines is 1. The van der Waals surface area contributed by atoms with E-state index in [9.17, 15) is 24.5 Å². The number of nitro benzene ring substituents is 1. The summed E-state index contributed by atoms with van der Waals surface area (Å²) >= 11 is 2.85. The second-order valence-corrected chi connectivity index (χ2v) is 10.3. The normalized spacial score (nSPS) is 14.0. The number of carbonyl (C=O) groups excluding carboxylic acids is 3. The minimum atomic E-state index is -0.556. The van der Waals surface area contributed by atoms with Gasteiger partial charge in [0.2, 0.25) is 5.91 Å². The Bertz CT molecular complexity index is 1450. The minimum absolute atomic E-state index is 0.00562. The molecular formula is C27H22IN3O7S. The molecule has 3 aromatic carbocycles. The maximum absolute atomic E-state index is 12.9. The number of halogens is 1. The Morgan fingerprint density at radius 2 is 1.82 bits per heavy atom. The van der Waals surface area contributed by atoms with Crippen LogP contribution in [0, 0.1) is 13.7 Å². The van der Waals surface area contributed by atoms with Gasteiger partial charge in [-0.2, -0.15) is 0 Å². The molecule has 4 rings (SSSR count). The number of nitrogens with one attached hydrogen (secondary N) is 1. The van der Waals surface area contributed by atoms with Crippen LogP contribution in [0.2, 0.25) is 0 Å². The summed E-state index contributed by atoms with van der Waals surface area (Å²) in [6.07, 6.45) is 1.57. The van der Waals surface area contributed by atoms with E-state index in [1.807, 2.05) is 13.0 Å². The van der Waals surface area contributed by atoms with Crippen molar-refractivity contribution in [2.45, 2.75) is 13.5 Å². The van der Waals surface area contributed by atoms with Crippen LogP contribution in [-0.4, -0.2) is 40.0 Å². The van der Waals surface area contributed by atoms with Crippen molar-refractivity contribution < 1.29 is 28.8 Å². The highest BCUT2D eigenvalue weighted by Gasteiger charge is 2.36. The Kier molecular flexibility index (Phi) is 9.19. The molecule has 0 unspecified atom stereocenters. The monoisotopic (exact) mass is 659 g/mol. The number of thioether (sulfide) groups is 1. The van der Waals surface area contributed by atoms with E-state index in [0.29, 0.717) is 32.9 Å². The highest BCUT2D eigenvalue weighted by atomic mass is 127. The van der Waals surface area contributed by atoms with Gasteiger partial charge in [-0.25, -0.2) is 0 Å². The predicted molar refractivity (Wildman–Crippen MR) is 156 cm³/mol. The average molecular weight is 659 g/mol. The molecule has 39 heavy (non-hydrogen) atoms. The van der Waals surface area contributed by atoms with Crippen molar-refractivity contribution in [1.82, 2.24) is 4.90 Å². The lowest BCUT2D eigenvalue weighted by Gasteiger charge is -2.15. The first kappa shape index (κ1) is 28.1. The second-order valence-electron chi connectivity index (χ2n) is 8.16. The molecule has 0 radical (unpaired) electrons. The molecule has 0 saturated carbocycles. The second kappa shape index (κ2) is 12.8. The van der Waals surface area contributed by atoms with Crippen molar-refractivity contribution in [1.29, 1.82) is 0 Å². The predicted octanol–water partition coefficient (Wildman–Crippen LogP) is 5.85. The molecule has 200 valence electrons. The molecule has 0 aliphatic carbocycles. The van der Waals surface area contributed by atoms with E-state index in [2.05, 4.69) is 27.9 Å². The molecule has 0 aromatic heterocycles. The van der Waals surface area contributed by atoms with Crippen molar-refractivity contribution in [3.05, 3.63) is 96.4 Å². The molecule has 1 saturated heterocycles. The third-order valence-corrected chi connectivity index (χ3v) is 7.10. The van der Waals surface area contributed by atoms with Crippen molar-refractivity contribution in [2.75, 3.05) is 18.5 Å². The smallest absolute Gasteiger partial charge is 0.294 e. The molecular weight excluding hydrogens is 637 g/mol. The summed E-state index contributed by atoms with van der Waals surface area (Å²) in [5, 5.41) is 13.0. The molecule has 0 bridgehead atoms. The van der Waals surface area contributed by atoms with Crippen LogP contribution in [0.1, 0.15) is 18.1 Å². The summed E-state index contributed by atoms with van der Waals surface area (Å²) in [6, 6.07) is 18.3. The van der Waals surface area contributed by atoms with E-state index < -0.39 is 28.5 Å². The summed E-state index contributed by atoms with van der Waals surface area (Å²) in [4.78, 5) is 49.3. The molecule has 3 amide bonds. The lowest BCUT2D eigenvalue weighted by Crippen LogP contribution is -2.36. The average Bonchev–Trinajstić information content (AvgIpc) is 3.16. The van der Waals surface area contributed by atoms with Gasteiger partial charge in [-0.15, -0.1) is 0 Å². The van der Waals surface area contributed by atoms with Gasteiger partial charge in [-0.1, -0.05) is 18.2 Å². The number of para-hydroxylation sites is 1. The van der Waals surface area contributed by atoms with Gasteiger partial charge in [0.05, 0.1) is 20.0 Å². The Hall–Kier alpha value is -3.91. The molecule has 12 heteroatoms. The Labute approximate surface area is 241 Å². The molecule has 0 spiro atoms. The number of carbonyl (C=O) groups is 3. The standard InChI is InChI=1S/C27H22IN3O7S/c1-2-37-22-13-18(12-21(28)25(22)38-16-17-8-10-20(11-9-17)31(35)36)14-23-26(33)30(27(34)39-23)15-24(32)29-19-6-4-3-5-7-19/h3-14H,2,15-16H2,1H3,(H,29,32)/b23-14-. The van der Waals surface area contributed by atoms with Crippen LogP contribution in [0.3, 0.4) is 0 Å². The van der Waals surface area contributed by atoms with Gasteiger partial charge in [0.15, 0.2) is 11.5 Å². The number of hydrogen-bond acceptors (Lipinski definition) is 8. The van der Waals surface area contributed by atoms with Crippen LogP contribution < -0.4 is 14.8 Å². The van der Waals surface area contributed by atoms with Gasteiger partial charge in [0.1, 0.15) is 13.2 Å². The zero-order valence-electron chi connectivity index (χ0n) is 20.6. The maximum Gasteiger partial charge on any atom is 0.294 e. The lowest BCUT2D eigenvalue weighted by molar-refractivity contribution is -0.384. The number of non-ortho nitro benzene ring substituents is 1. The minimum Gasteiger partial charge on any atom is -0.490 e. The van der Waals surface area contributed by atoms with Crippen LogP contribution in [0.4, 0.5) is 16.2 Å². The van der Waals surface area contributed by atoms with E-state index in [-0.39, 0.29) is 17.2 Å². The summed E-state index contributed by atoms with van der Waals surface area (Å²) in [7, 11) is 0. The number of nitro groups is 1. The third kappa shape index (κ3) is 7.15. The highest BCUT2D eigenvalue weighted by Crippen LogP contribution is 2.38. The van der Waals surface area contributed by atoms with Gasteiger partial charge < -0.3 is 14.8 Å². The van der Waals surface area contributed by atoms with E-state index in [1.54, 1.807) is 54.6 Å². The van der Waals surface area contributed by atoms with Crippen molar-refractivity contribution in [2.24, 2.45) is 0 Å². The fourth-order valence-electron chi connectivity index (χ4n) is 3.60. The summed E-state index contributed by atoms with van der Waals surface area (Å²) in [5.41, 5.74) is 1.92. The highest BCUT2D eigenvalue weighted by molar-refractivity contribution is 14.1. The van der Waals surface area contributed by atoms with Gasteiger partial charge >= 0.3 is 0 Å². The molecule has 1 N–H and O–H groups in total. The topological polar surface area (TPSA) is 128 Å². The Morgan fingerprint density at radius 3 is 2.49 bits per heavy atom. The zero-order valence-corrected chi connectivity index (χ0v) is 23.6. The molecule has 1 aliphatic heterocycles. The number of benzene rings is 3. The maximum atomic E-state index is 12.9. The fourth-order valence-corrected chi connectivity index (χ4v) is 5.22. The number of hydrogen-bond donors (Lipinski definition) is 1. The molecule has 3 aromatic rings. The molecule has 1 aliphatic rings. The number of amides is 3. The molecule has 1 heterocycles. The summed E-state index contributed by atoms with van der Waals surface area (Å²) in [6.45, 7) is 1.96. The van der Waals surface area contributed by atoms with E-state index in [1.165, 1.54) is 12.1 Å². The van der Waals surface area contributed by atoms with Crippen LogP contribution in [0.15, 0.2) is 71.6 Å². The molecule has 10 nitrogen and oxygen atoms in total. The van der Waals surface area contributed by atoms with Crippen LogP contribution >= 0.6 is 34.4 Å². The van der Waals surface area contributed by atoms with Gasteiger partial charge in [0, 0.05) is 17.8 Å². The van der Waals surface area contributed by atoms with Gasteiger partial charge in [0.25, 0.3) is 16.8 Å². The van der Waals surface area contributed by atoms with Crippen LogP contribution in [0.25, 0.3) is 6.08 Å². The SMILES string of the molecule is CCOc1cc(/C=C2\SC(=O)N(CC(=O)Nc3ccccc3)C2=O)cc(I)c1OCc1ccc([N+](=O)[O-])cc1. The third-order valence-electron chi connectivity index (χ3n) is 5.39. The summed E-state index contributed by atoms with van der Waals surface area (Å²) < 4.78 is 12.4. The van der Waals surface area contributed by atoms with E-state index in [4.69, 9.17) is 9.47 Å². The van der Waals surface area contributed by atoms with E-state index >= 15 is 0 Å². The van der Waals surface area contributed by atoms with Crippen molar-refractivity contribution >= 4 is 68.9 Å². The van der Waals surface area contributed by atoms with Crippen LogP contribution in [-0.2, 0) is 16.2 Å². The molecule has 1 fully saturated rings. The first-order chi connectivity index (χ1) is 18.7. The van der Waals surface area contributed by atoms with Crippen LogP contribution in [0.5, 0.6) is 11.5 Å². The zero-order chi connectivity index (χ0) is 27.9. The van der Waals surface area contributed by atoms with Gasteiger partial charge in [-0.05, 0) is 94.9 Å². The largest absolute Gasteiger partial charge is 0.490 e. The number of rotatable bonds is 10. The Balaban J connectivity index is 1.48. The number of nitrogens with zero attached hydrogens (tertiary/aromatic N) is 2. The summed E-state index contributed by atoms with van der Waals surface area (Å²) in [5.74, 6) is -0.107. The van der Waals surface area contributed by atoms with Gasteiger partial charge in [-0.3, -0.25) is 29.4 Å². The fraction of sp³-hybridized carbons (Fsp3) is 0.148. The number of imide groups is 1. The molecule has 0 atom stereocenters. The van der Waals surface area contributed by atoms with Crippen molar-refractivity contribution in [3.63, 3.8) is 0 Å². The Morgan fingerprint density at radius 1 is 1.10 bits per heavy atom. The van der Waals surface area contributed by atoms with Crippen molar-refractivity contribution in [3.8, 4) is 11.5 Å². The quantitative estimate of drug-likeness (QED) is 0.124. The van der Waals surface area contributed by atoms with E-state index in [0.717, 1.165) is 22.2 Å². The first-order valence-electron chi connectivity index (χ1n) is 11.7. The lowest BCUT2D eigenvalue weighted by atomic mass is 10.1.